The van der Waals surface area contributed by atoms with Crippen molar-refractivity contribution in [3.05, 3.63) is 29.8 Å². The van der Waals surface area contributed by atoms with Crippen molar-refractivity contribution >= 4 is 5.91 Å². The molecule has 1 aliphatic heterocycles. The zero-order valence-electron chi connectivity index (χ0n) is 12.3. The van der Waals surface area contributed by atoms with E-state index in [1.54, 1.807) is 0 Å². The maximum Gasteiger partial charge on any atom is 0.254 e. The molecule has 1 saturated heterocycles. The molecule has 1 fully saturated rings. The van der Waals surface area contributed by atoms with Crippen LogP contribution in [0.25, 0.3) is 0 Å². The van der Waals surface area contributed by atoms with E-state index in [1.807, 2.05) is 29.2 Å². The summed E-state index contributed by atoms with van der Waals surface area (Å²) in [5, 5.41) is 0. The normalized spacial score (nSPS) is 18.6. The van der Waals surface area contributed by atoms with Crippen LogP contribution in [0.15, 0.2) is 24.3 Å². The number of amides is 1. The van der Waals surface area contributed by atoms with Crippen LogP contribution in [-0.2, 0) is 0 Å². The number of nitrogens with zero attached hydrogens (tertiary/aromatic N) is 1. The van der Waals surface area contributed by atoms with Crippen LogP contribution < -0.4 is 10.5 Å². The van der Waals surface area contributed by atoms with E-state index in [4.69, 9.17) is 10.5 Å². The number of nitrogens with two attached hydrogens (primary N) is 1. The first-order valence-electron chi connectivity index (χ1n) is 7.35. The van der Waals surface area contributed by atoms with Gasteiger partial charge in [-0.05, 0) is 37.0 Å². The maximum absolute atomic E-state index is 12.5. The Morgan fingerprint density at radius 3 is 3.00 bits per heavy atom. The number of rotatable bonds is 5. The lowest BCUT2D eigenvalue weighted by atomic mass is 10.1. The highest BCUT2D eigenvalue weighted by Crippen LogP contribution is 2.21. The van der Waals surface area contributed by atoms with E-state index in [1.165, 1.54) is 0 Å². The van der Waals surface area contributed by atoms with Crippen molar-refractivity contribution < 1.29 is 9.53 Å². The van der Waals surface area contributed by atoms with E-state index >= 15 is 0 Å². The second-order valence-corrected chi connectivity index (χ2v) is 5.76. The van der Waals surface area contributed by atoms with Crippen molar-refractivity contribution in [1.82, 2.24) is 4.90 Å². The van der Waals surface area contributed by atoms with Gasteiger partial charge in [-0.1, -0.05) is 19.9 Å². The number of benzene rings is 1. The Bertz CT molecular complexity index is 460. The van der Waals surface area contributed by atoms with Gasteiger partial charge in [-0.25, -0.2) is 0 Å². The summed E-state index contributed by atoms with van der Waals surface area (Å²) in [4.78, 5) is 14.4. The monoisotopic (exact) mass is 276 g/mol. The summed E-state index contributed by atoms with van der Waals surface area (Å²) in [5.41, 5.74) is 6.42. The Morgan fingerprint density at radius 1 is 1.50 bits per heavy atom. The molecule has 1 amide bonds. The van der Waals surface area contributed by atoms with Gasteiger partial charge in [0, 0.05) is 24.7 Å². The maximum atomic E-state index is 12.5. The summed E-state index contributed by atoms with van der Waals surface area (Å²) >= 11 is 0. The smallest absolute Gasteiger partial charge is 0.254 e. The minimum Gasteiger partial charge on any atom is -0.493 e. The summed E-state index contributed by atoms with van der Waals surface area (Å²) in [6.45, 7) is 6.20. The molecule has 2 N–H and O–H groups in total. The van der Waals surface area contributed by atoms with E-state index < -0.39 is 0 Å². The fourth-order valence-electron chi connectivity index (χ4n) is 2.50. The Balaban J connectivity index is 2.08. The first-order chi connectivity index (χ1) is 9.61. The summed E-state index contributed by atoms with van der Waals surface area (Å²) in [6, 6.07) is 7.62. The molecular formula is C16H24N2O2. The molecule has 1 unspecified atom stereocenters. The molecule has 4 nitrogen and oxygen atoms in total. The van der Waals surface area contributed by atoms with Crippen molar-refractivity contribution in [2.24, 2.45) is 11.7 Å². The van der Waals surface area contributed by atoms with Crippen LogP contribution in [0.3, 0.4) is 0 Å². The number of carbonyl (C=O) groups excluding carboxylic acids is 1. The third-order valence-corrected chi connectivity index (χ3v) is 3.57. The number of ether oxygens (including phenoxy) is 1. The topological polar surface area (TPSA) is 55.6 Å². The minimum absolute atomic E-state index is 0.0629. The molecule has 0 aliphatic carbocycles. The van der Waals surface area contributed by atoms with Crippen molar-refractivity contribution in [3.8, 4) is 5.75 Å². The summed E-state index contributed by atoms with van der Waals surface area (Å²) in [7, 11) is 0. The highest BCUT2D eigenvalue weighted by molar-refractivity contribution is 5.95. The lowest BCUT2D eigenvalue weighted by molar-refractivity contribution is 0.0740. The van der Waals surface area contributed by atoms with Gasteiger partial charge in [-0.2, -0.15) is 0 Å². The van der Waals surface area contributed by atoms with Crippen LogP contribution in [0.5, 0.6) is 5.75 Å². The molecule has 1 aliphatic rings. The molecule has 2 rings (SSSR count). The second-order valence-electron chi connectivity index (χ2n) is 5.76. The van der Waals surface area contributed by atoms with E-state index in [2.05, 4.69) is 13.8 Å². The van der Waals surface area contributed by atoms with Crippen molar-refractivity contribution in [2.45, 2.75) is 32.7 Å². The second kappa shape index (κ2) is 6.75. The Hall–Kier alpha value is -1.55. The van der Waals surface area contributed by atoms with Gasteiger partial charge in [-0.3, -0.25) is 4.79 Å². The number of carbonyl (C=O) groups is 1. The Labute approximate surface area is 120 Å². The van der Waals surface area contributed by atoms with Crippen molar-refractivity contribution in [1.29, 1.82) is 0 Å². The molecule has 0 spiro atoms. The lowest BCUT2D eigenvalue weighted by Crippen LogP contribution is -2.39. The van der Waals surface area contributed by atoms with Gasteiger partial charge in [-0.15, -0.1) is 0 Å². The van der Waals surface area contributed by atoms with E-state index in [-0.39, 0.29) is 11.9 Å². The van der Waals surface area contributed by atoms with Crippen LogP contribution in [0.4, 0.5) is 0 Å². The van der Waals surface area contributed by atoms with Gasteiger partial charge in [0.2, 0.25) is 0 Å². The van der Waals surface area contributed by atoms with Gasteiger partial charge in [0.05, 0.1) is 6.61 Å². The summed E-state index contributed by atoms with van der Waals surface area (Å²) in [5.74, 6) is 1.29. The molecule has 0 aromatic heterocycles. The largest absolute Gasteiger partial charge is 0.493 e. The number of likely N-dealkylation sites (tertiary alicyclic amines) is 1. The molecule has 4 heteroatoms. The number of hydrogen-bond acceptors (Lipinski definition) is 3. The zero-order valence-corrected chi connectivity index (χ0v) is 12.3. The fraction of sp³-hybridized carbons (Fsp3) is 0.562. The molecule has 1 aromatic rings. The first-order valence-corrected chi connectivity index (χ1v) is 7.35. The average molecular weight is 276 g/mol. The van der Waals surface area contributed by atoms with Crippen molar-refractivity contribution in [3.63, 3.8) is 0 Å². The van der Waals surface area contributed by atoms with Gasteiger partial charge < -0.3 is 15.4 Å². The molecule has 20 heavy (non-hydrogen) atoms. The van der Waals surface area contributed by atoms with Crippen molar-refractivity contribution in [2.75, 3.05) is 19.7 Å². The Morgan fingerprint density at radius 2 is 2.30 bits per heavy atom. The van der Waals surface area contributed by atoms with Crippen LogP contribution in [0.1, 0.15) is 37.0 Å². The average Bonchev–Trinajstić information content (AvgIpc) is 2.93. The molecule has 0 saturated carbocycles. The Kier molecular flexibility index (Phi) is 5.01. The third-order valence-electron chi connectivity index (χ3n) is 3.57. The highest BCUT2D eigenvalue weighted by Gasteiger charge is 2.28. The van der Waals surface area contributed by atoms with Gasteiger partial charge in [0.1, 0.15) is 5.75 Å². The van der Waals surface area contributed by atoms with Crippen LogP contribution in [0, 0.1) is 5.92 Å². The number of hydrogen-bond donors (Lipinski definition) is 1. The predicted molar refractivity (Wildman–Crippen MR) is 79.9 cm³/mol. The molecule has 1 heterocycles. The predicted octanol–water partition coefficient (Wildman–Crippen LogP) is 2.28. The van der Waals surface area contributed by atoms with Crippen LogP contribution in [0.2, 0.25) is 0 Å². The third kappa shape index (κ3) is 3.51. The van der Waals surface area contributed by atoms with E-state index in [9.17, 15) is 4.79 Å². The summed E-state index contributed by atoms with van der Waals surface area (Å²) in [6.07, 6.45) is 2.04. The molecule has 0 radical (unpaired) electrons. The standard InChI is InChI=1S/C16H24N2O2/c1-12(2)11-20-15-7-3-5-13(9-15)16(19)18-8-4-6-14(18)10-17/h3,5,7,9,12,14H,4,6,8,10-11,17H2,1-2H3. The van der Waals surface area contributed by atoms with E-state index in [0.717, 1.165) is 25.1 Å². The van der Waals surface area contributed by atoms with Gasteiger partial charge in [0.15, 0.2) is 0 Å². The molecular weight excluding hydrogens is 252 g/mol. The molecule has 1 atom stereocenters. The van der Waals surface area contributed by atoms with Gasteiger partial charge >= 0.3 is 0 Å². The van der Waals surface area contributed by atoms with Crippen LogP contribution in [-0.4, -0.2) is 36.5 Å². The minimum atomic E-state index is 0.0629. The molecule has 110 valence electrons. The quantitative estimate of drug-likeness (QED) is 0.897. The molecule has 0 bridgehead atoms. The molecule has 1 aromatic carbocycles. The van der Waals surface area contributed by atoms with E-state index in [0.29, 0.717) is 24.6 Å². The lowest BCUT2D eigenvalue weighted by Gasteiger charge is -2.23. The zero-order chi connectivity index (χ0) is 14.5. The summed E-state index contributed by atoms with van der Waals surface area (Å²) < 4.78 is 5.68. The highest BCUT2D eigenvalue weighted by atomic mass is 16.5. The fourth-order valence-corrected chi connectivity index (χ4v) is 2.50. The van der Waals surface area contributed by atoms with Crippen LogP contribution >= 0.6 is 0 Å². The first kappa shape index (κ1) is 14.9. The van der Waals surface area contributed by atoms with Gasteiger partial charge in [0.25, 0.3) is 5.91 Å². The SMILES string of the molecule is CC(C)COc1cccc(C(=O)N2CCCC2CN)c1.